The average molecular weight is 460 g/mol. The molecule has 6 nitrogen and oxygen atoms in total. The lowest BCUT2D eigenvalue weighted by Gasteiger charge is -2.46. The molecule has 1 fully saturated rings. The van der Waals surface area contributed by atoms with Crippen molar-refractivity contribution in [2.75, 3.05) is 31.6 Å². The summed E-state index contributed by atoms with van der Waals surface area (Å²) in [5, 5.41) is 3.86. The van der Waals surface area contributed by atoms with Gasteiger partial charge in [0, 0.05) is 25.0 Å². The highest BCUT2D eigenvalue weighted by molar-refractivity contribution is 5.79. The van der Waals surface area contributed by atoms with Gasteiger partial charge in [0.1, 0.15) is 0 Å². The van der Waals surface area contributed by atoms with Crippen molar-refractivity contribution in [3.8, 4) is 17.2 Å². The highest BCUT2D eigenvalue weighted by atomic mass is 16.5. The van der Waals surface area contributed by atoms with E-state index in [4.69, 9.17) is 9.47 Å². The van der Waals surface area contributed by atoms with E-state index in [0.717, 1.165) is 37.2 Å². The summed E-state index contributed by atoms with van der Waals surface area (Å²) >= 11 is 0. The monoisotopic (exact) mass is 459 g/mol. The fourth-order valence-electron chi connectivity index (χ4n) is 5.27. The number of ether oxygens (including phenoxy) is 2. The van der Waals surface area contributed by atoms with Crippen LogP contribution < -0.4 is 14.8 Å². The zero-order valence-corrected chi connectivity index (χ0v) is 20.3. The molecule has 0 aliphatic carbocycles. The maximum absolute atomic E-state index is 13.2. The second-order valence-electron chi connectivity index (χ2n) is 9.20. The number of aromatic nitrogens is 1. The molecule has 1 spiro atoms. The molecule has 2 aromatic carbocycles. The summed E-state index contributed by atoms with van der Waals surface area (Å²) < 4.78 is 13.7. The zero-order valence-electron chi connectivity index (χ0n) is 20.3. The van der Waals surface area contributed by atoms with Gasteiger partial charge in [0.05, 0.1) is 36.5 Å². The number of rotatable bonds is 6. The first-order chi connectivity index (χ1) is 16.5. The van der Waals surface area contributed by atoms with Crippen molar-refractivity contribution in [1.29, 1.82) is 0 Å². The molecule has 5 rings (SSSR count). The Labute approximate surface area is 201 Å². The number of hydrogen-bond acceptors (Lipinski definition) is 4. The maximum Gasteiger partial charge on any atom is 0.226 e. The summed E-state index contributed by atoms with van der Waals surface area (Å²) in [6.45, 7) is 8.62. The van der Waals surface area contributed by atoms with Crippen molar-refractivity contribution < 1.29 is 14.3 Å². The molecule has 0 radical (unpaired) electrons. The van der Waals surface area contributed by atoms with E-state index < -0.39 is 0 Å². The SMILES string of the molecule is CCOc1ccc(CC(=O)N2CCC3(CC2)Nc2cc(C)ccc2-n2cccc23)cc1OCC. The van der Waals surface area contributed by atoms with E-state index in [9.17, 15) is 4.79 Å². The highest BCUT2D eigenvalue weighted by Gasteiger charge is 2.42. The quantitative estimate of drug-likeness (QED) is 0.559. The third-order valence-corrected chi connectivity index (χ3v) is 6.96. The Morgan fingerprint density at radius 2 is 1.76 bits per heavy atom. The van der Waals surface area contributed by atoms with Crippen LogP contribution in [0.25, 0.3) is 5.69 Å². The number of fused-ring (bicyclic) bond motifs is 4. The van der Waals surface area contributed by atoms with Crippen molar-refractivity contribution in [2.45, 2.75) is 45.6 Å². The van der Waals surface area contributed by atoms with Crippen LogP contribution in [0.2, 0.25) is 0 Å². The Morgan fingerprint density at radius 1 is 1.00 bits per heavy atom. The van der Waals surface area contributed by atoms with Crippen LogP contribution in [0.15, 0.2) is 54.7 Å². The summed E-state index contributed by atoms with van der Waals surface area (Å²) in [7, 11) is 0. The average Bonchev–Trinajstić information content (AvgIpc) is 3.33. The van der Waals surface area contributed by atoms with Gasteiger partial charge in [0.15, 0.2) is 11.5 Å². The van der Waals surface area contributed by atoms with Crippen LogP contribution in [-0.4, -0.2) is 41.7 Å². The van der Waals surface area contributed by atoms with Crippen molar-refractivity contribution >= 4 is 11.6 Å². The van der Waals surface area contributed by atoms with Gasteiger partial charge in [0.25, 0.3) is 0 Å². The summed E-state index contributed by atoms with van der Waals surface area (Å²) in [6.07, 6.45) is 4.27. The predicted molar refractivity (Wildman–Crippen MR) is 134 cm³/mol. The molecule has 34 heavy (non-hydrogen) atoms. The smallest absolute Gasteiger partial charge is 0.226 e. The third-order valence-electron chi connectivity index (χ3n) is 6.96. The second-order valence-corrected chi connectivity index (χ2v) is 9.20. The van der Waals surface area contributed by atoms with Crippen molar-refractivity contribution in [2.24, 2.45) is 0 Å². The molecule has 0 atom stereocenters. The number of likely N-dealkylation sites (tertiary alicyclic amines) is 1. The topological polar surface area (TPSA) is 55.7 Å². The fourth-order valence-corrected chi connectivity index (χ4v) is 5.27. The standard InChI is InChI=1S/C28H33N3O3/c1-4-33-24-11-9-21(18-25(24)34-5-2)19-27(32)30-15-12-28(13-16-30)26-7-6-14-31(26)23-10-8-20(3)17-22(23)29-28/h6-11,14,17-18,29H,4-5,12-13,15-16,19H2,1-3H3. The molecule has 1 aromatic heterocycles. The first-order valence-corrected chi connectivity index (χ1v) is 12.3. The van der Waals surface area contributed by atoms with E-state index in [1.54, 1.807) is 0 Å². The van der Waals surface area contributed by atoms with Crippen molar-refractivity contribution in [1.82, 2.24) is 9.47 Å². The van der Waals surface area contributed by atoms with Crippen LogP contribution in [0, 0.1) is 6.92 Å². The number of carbonyl (C=O) groups excluding carboxylic acids is 1. The van der Waals surface area contributed by atoms with E-state index in [2.05, 4.69) is 53.3 Å². The molecule has 1 amide bonds. The van der Waals surface area contributed by atoms with Gasteiger partial charge in [-0.2, -0.15) is 0 Å². The summed E-state index contributed by atoms with van der Waals surface area (Å²) in [4.78, 5) is 15.2. The van der Waals surface area contributed by atoms with Crippen LogP contribution in [0.1, 0.15) is 43.5 Å². The van der Waals surface area contributed by atoms with E-state index in [0.29, 0.717) is 25.4 Å². The van der Waals surface area contributed by atoms with Gasteiger partial charge in [-0.15, -0.1) is 0 Å². The third kappa shape index (κ3) is 4.02. The second kappa shape index (κ2) is 9.09. The predicted octanol–water partition coefficient (Wildman–Crippen LogP) is 5.07. The normalized spacial score (nSPS) is 15.9. The first-order valence-electron chi connectivity index (χ1n) is 12.3. The molecule has 1 saturated heterocycles. The molecule has 3 heterocycles. The Bertz CT molecular complexity index is 1190. The number of amides is 1. The maximum atomic E-state index is 13.2. The van der Waals surface area contributed by atoms with Gasteiger partial charge in [-0.3, -0.25) is 4.79 Å². The molecule has 2 aliphatic rings. The summed E-state index contributed by atoms with van der Waals surface area (Å²) in [6, 6.07) is 16.7. The molecular formula is C28H33N3O3. The molecule has 6 heteroatoms. The van der Waals surface area contributed by atoms with Crippen molar-refractivity contribution in [3.63, 3.8) is 0 Å². The lowest BCUT2D eigenvalue weighted by molar-refractivity contribution is -0.132. The molecule has 1 N–H and O–H groups in total. The minimum absolute atomic E-state index is 0.150. The van der Waals surface area contributed by atoms with Crippen LogP contribution in [-0.2, 0) is 16.8 Å². The number of piperidine rings is 1. The van der Waals surface area contributed by atoms with Gasteiger partial charge in [-0.1, -0.05) is 12.1 Å². The highest BCUT2D eigenvalue weighted by Crippen LogP contribution is 2.43. The molecule has 2 aliphatic heterocycles. The van der Waals surface area contributed by atoms with E-state index in [-0.39, 0.29) is 11.4 Å². The first kappa shape index (κ1) is 22.4. The van der Waals surface area contributed by atoms with E-state index in [1.807, 2.05) is 36.9 Å². The largest absolute Gasteiger partial charge is 0.490 e. The number of anilines is 1. The fraction of sp³-hybridized carbons (Fsp3) is 0.393. The molecule has 178 valence electrons. The van der Waals surface area contributed by atoms with Gasteiger partial charge in [-0.25, -0.2) is 0 Å². The summed E-state index contributed by atoms with van der Waals surface area (Å²) in [5.74, 6) is 1.58. The van der Waals surface area contributed by atoms with Crippen LogP contribution in [0.4, 0.5) is 5.69 Å². The van der Waals surface area contributed by atoms with Gasteiger partial charge >= 0.3 is 0 Å². The van der Waals surface area contributed by atoms with Gasteiger partial charge < -0.3 is 24.3 Å². The number of benzene rings is 2. The van der Waals surface area contributed by atoms with Crippen molar-refractivity contribution in [3.05, 3.63) is 71.5 Å². The Kier molecular flexibility index (Phi) is 5.98. The number of carbonyl (C=O) groups is 1. The lowest BCUT2D eigenvalue weighted by atomic mass is 9.82. The molecule has 0 saturated carbocycles. The number of nitrogens with zero attached hydrogens (tertiary/aromatic N) is 2. The Hall–Kier alpha value is -3.41. The van der Waals surface area contributed by atoms with Gasteiger partial charge in [-0.05, 0) is 81.1 Å². The van der Waals surface area contributed by atoms with E-state index in [1.165, 1.54) is 22.6 Å². The molecule has 0 unspecified atom stereocenters. The number of aryl methyl sites for hydroxylation is 1. The Morgan fingerprint density at radius 3 is 2.53 bits per heavy atom. The van der Waals surface area contributed by atoms with Crippen LogP contribution in [0.3, 0.4) is 0 Å². The Balaban J connectivity index is 1.29. The van der Waals surface area contributed by atoms with E-state index >= 15 is 0 Å². The zero-order chi connectivity index (χ0) is 23.7. The molecule has 0 bridgehead atoms. The lowest BCUT2D eigenvalue weighted by Crippen LogP contribution is -2.51. The molecular weight excluding hydrogens is 426 g/mol. The molecule has 3 aromatic rings. The van der Waals surface area contributed by atoms with Crippen LogP contribution >= 0.6 is 0 Å². The minimum atomic E-state index is -0.150. The number of hydrogen-bond donors (Lipinski definition) is 1. The minimum Gasteiger partial charge on any atom is -0.490 e. The summed E-state index contributed by atoms with van der Waals surface area (Å²) in [5.41, 5.74) is 5.68. The van der Waals surface area contributed by atoms with Crippen LogP contribution in [0.5, 0.6) is 11.5 Å². The number of nitrogens with one attached hydrogen (secondary N) is 1. The van der Waals surface area contributed by atoms with Gasteiger partial charge in [0.2, 0.25) is 5.91 Å².